The zero-order valence-corrected chi connectivity index (χ0v) is 6.50. The zero-order chi connectivity index (χ0) is 8.69. The van der Waals surface area contributed by atoms with Gasteiger partial charge in [0.05, 0.1) is 0 Å². The van der Waals surface area contributed by atoms with Gasteiger partial charge < -0.3 is 9.84 Å². The minimum absolute atomic E-state index is 0.241. The predicted molar refractivity (Wildman–Crippen MR) is 38.4 cm³/mol. The van der Waals surface area contributed by atoms with Crippen molar-refractivity contribution >= 4 is 11.8 Å². The Kier molecular flexibility index (Phi) is 5.37. The van der Waals surface area contributed by atoms with Crippen molar-refractivity contribution in [3.63, 3.8) is 0 Å². The summed E-state index contributed by atoms with van der Waals surface area (Å²) in [6.45, 7) is 0.505. The van der Waals surface area contributed by atoms with Crippen LogP contribution in [0.3, 0.4) is 0 Å². The van der Waals surface area contributed by atoms with Crippen molar-refractivity contribution in [2.24, 2.45) is 0 Å². The largest absolute Gasteiger partial charge is 0.481 e. The quantitative estimate of drug-likeness (QED) is 0.452. The van der Waals surface area contributed by atoms with E-state index in [4.69, 9.17) is 9.84 Å². The molecule has 0 fully saturated rings. The Morgan fingerprint density at radius 3 is 2.55 bits per heavy atom. The Hall–Kier alpha value is -0.900. The van der Waals surface area contributed by atoms with Gasteiger partial charge in [-0.2, -0.15) is 0 Å². The van der Waals surface area contributed by atoms with Crippen molar-refractivity contribution in [1.82, 2.24) is 0 Å². The van der Waals surface area contributed by atoms with Crippen LogP contribution in [0.15, 0.2) is 0 Å². The standard InChI is InChI=1S/C7H12O4/c1-11-4-2-3-6(8)5-7(9)10/h2-5H2,1H3,(H,9,10). The summed E-state index contributed by atoms with van der Waals surface area (Å²) in [5.74, 6) is -1.30. The van der Waals surface area contributed by atoms with Gasteiger partial charge in [-0.05, 0) is 6.42 Å². The molecule has 0 rings (SSSR count). The number of carbonyl (C=O) groups is 2. The molecule has 0 unspecified atom stereocenters. The maximum absolute atomic E-state index is 10.7. The van der Waals surface area contributed by atoms with Crippen molar-refractivity contribution in [2.75, 3.05) is 13.7 Å². The van der Waals surface area contributed by atoms with Crippen molar-refractivity contribution in [3.05, 3.63) is 0 Å². The molecule has 0 radical (unpaired) electrons. The van der Waals surface area contributed by atoms with Crippen LogP contribution >= 0.6 is 0 Å². The topological polar surface area (TPSA) is 63.6 Å². The number of carboxylic acid groups (broad SMARTS) is 1. The number of carboxylic acids is 1. The van der Waals surface area contributed by atoms with Crippen LogP contribution in [-0.4, -0.2) is 30.6 Å². The van der Waals surface area contributed by atoms with Crippen LogP contribution < -0.4 is 0 Å². The van der Waals surface area contributed by atoms with Gasteiger partial charge >= 0.3 is 5.97 Å². The number of carbonyl (C=O) groups excluding carboxylic acids is 1. The molecular formula is C7H12O4. The molecule has 64 valence electrons. The molecule has 4 heteroatoms. The van der Waals surface area contributed by atoms with Gasteiger partial charge in [0.15, 0.2) is 0 Å². The molecule has 0 amide bonds. The second kappa shape index (κ2) is 5.85. The third kappa shape index (κ3) is 6.99. The average molecular weight is 160 g/mol. The molecule has 0 aromatic rings. The third-order valence-corrected chi connectivity index (χ3v) is 1.15. The molecule has 11 heavy (non-hydrogen) atoms. The van der Waals surface area contributed by atoms with Crippen LogP contribution in [-0.2, 0) is 14.3 Å². The van der Waals surface area contributed by atoms with Gasteiger partial charge in [0.25, 0.3) is 0 Å². The second-order valence-electron chi connectivity index (χ2n) is 2.21. The first-order valence-electron chi connectivity index (χ1n) is 3.39. The van der Waals surface area contributed by atoms with Gasteiger partial charge in [0.2, 0.25) is 0 Å². The van der Waals surface area contributed by atoms with Crippen LogP contribution in [0.25, 0.3) is 0 Å². The molecule has 0 spiro atoms. The number of ether oxygens (including phenoxy) is 1. The molecular weight excluding hydrogens is 148 g/mol. The van der Waals surface area contributed by atoms with Crippen LogP contribution in [0.5, 0.6) is 0 Å². The highest BCUT2D eigenvalue weighted by Crippen LogP contribution is 1.94. The number of Topliss-reactive ketones (excluding diaryl/α,β-unsaturated/α-hetero) is 1. The van der Waals surface area contributed by atoms with Crippen LogP contribution in [0.4, 0.5) is 0 Å². The van der Waals surface area contributed by atoms with E-state index in [1.165, 1.54) is 0 Å². The number of hydrogen-bond acceptors (Lipinski definition) is 3. The molecule has 0 bridgehead atoms. The van der Waals surface area contributed by atoms with Crippen LogP contribution in [0, 0.1) is 0 Å². The highest BCUT2D eigenvalue weighted by atomic mass is 16.5. The maximum atomic E-state index is 10.7. The van der Waals surface area contributed by atoms with Crippen molar-refractivity contribution in [3.8, 4) is 0 Å². The van der Waals surface area contributed by atoms with Crippen LogP contribution in [0.2, 0.25) is 0 Å². The Labute approximate surface area is 65.2 Å². The summed E-state index contributed by atoms with van der Waals surface area (Å²) in [6, 6.07) is 0. The molecule has 0 heterocycles. The average Bonchev–Trinajstić information content (AvgIpc) is 1.86. The lowest BCUT2D eigenvalue weighted by molar-refractivity contribution is -0.140. The number of aliphatic carboxylic acids is 1. The summed E-state index contributed by atoms with van der Waals surface area (Å²) in [5, 5.41) is 8.19. The summed E-state index contributed by atoms with van der Waals surface area (Å²) >= 11 is 0. The molecule has 0 aromatic heterocycles. The van der Waals surface area contributed by atoms with E-state index >= 15 is 0 Å². The van der Waals surface area contributed by atoms with Crippen molar-refractivity contribution in [2.45, 2.75) is 19.3 Å². The maximum Gasteiger partial charge on any atom is 0.310 e. The lowest BCUT2D eigenvalue weighted by Gasteiger charge is -1.96. The smallest absolute Gasteiger partial charge is 0.310 e. The SMILES string of the molecule is COCCCC(=O)CC(=O)O. The number of ketones is 1. The molecule has 1 N–H and O–H groups in total. The highest BCUT2D eigenvalue weighted by Gasteiger charge is 2.06. The summed E-state index contributed by atoms with van der Waals surface area (Å²) in [5.41, 5.74) is 0. The lowest BCUT2D eigenvalue weighted by Crippen LogP contribution is -2.07. The summed E-state index contributed by atoms with van der Waals surface area (Å²) < 4.78 is 4.70. The molecule has 0 atom stereocenters. The van der Waals surface area contributed by atoms with Crippen LogP contribution in [0.1, 0.15) is 19.3 Å². The first kappa shape index (κ1) is 10.1. The normalized spacial score (nSPS) is 9.55. The van der Waals surface area contributed by atoms with E-state index < -0.39 is 5.97 Å². The van der Waals surface area contributed by atoms with E-state index in [9.17, 15) is 9.59 Å². The highest BCUT2D eigenvalue weighted by molar-refractivity contribution is 5.94. The van der Waals surface area contributed by atoms with E-state index in [1.54, 1.807) is 7.11 Å². The monoisotopic (exact) mass is 160 g/mol. The minimum atomic E-state index is -1.06. The van der Waals surface area contributed by atoms with E-state index in [-0.39, 0.29) is 12.2 Å². The first-order chi connectivity index (χ1) is 5.16. The summed E-state index contributed by atoms with van der Waals surface area (Å²) in [4.78, 5) is 20.7. The van der Waals surface area contributed by atoms with Gasteiger partial charge in [-0.3, -0.25) is 9.59 Å². The van der Waals surface area contributed by atoms with E-state index in [0.29, 0.717) is 19.4 Å². The Morgan fingerprint density at radius 1 is 1.45 bits per heavy atom. The zero-order valence-electron chi connectivity index (χ0n) is 6.50. The molecule has 0 aliphatic carbocycles. The minimum Gasteiger partial charge on any atom is -0.481 e. The lowest BCUT2D eigenvalue weighted by atomic mass is 10.2. The fourth-order valence-corrected chi connectivity index (χ4v) is 0.671. The Morgan fingerprint density at radius 2 is 2.09 bits per heavy atom. The fraction of sp³-hybridized carbons (Fsp3) is 0.714. The molecule has 0 saturated heterocycles. The van der Waals surface area contributed by atoms with Crippen molar-refractivity contribution < 1.29 is 19.4 Å². The second-order valence-corrected chi connectivity index (χ2v) is 2.21. The van der Waals surface area contributed by atoms with Gasteiger partial charge in [0, 0.05) is 20.1 Å². The molecule has 0 saturated carbocycles. The van der Waals surface area contributed by atoms with Gasteiger partial charge in [0.1, 0.15) is 12.2 Å². The van der Waals surface area contributed by atoms with Gasteiger partial charge in [-0.15, -0.1) is 0 Å². The third-order valence-electron chi connectivity index (χ3n) is 1.15. The Balaban J connectivity index is 3.30. The van der Waals surface area contributed by atoms with Gasteiger partial charge in [-0.1, -0.05) is 0 Å². The number of methoxy groups -OCH3 is 1. The van der Waals surface area contributed by atoms with E-state index in [0.717, 1.165) is 0 Å². The van der Waals surface area contributed by atoms with Crippen molar-refractivity contribution in [1.29, 1.82) is 0 Å². The fourth-order valence-electron chi connectivity index (χ4n) is 0.671. The predicted octanol–water partition coefficient (Wildman–Crippen LogP) is 0.457. The number of hydrogen-bond donors (Lipinski definition) is 1. The van der Waals surface area contributed by atoms with Gasteiger partial charge in [-0.25, -0.2) is 0 Å². The molecule has 0 aliphatic rings. The Bertz CT molecular complexity index is 141. The first-order valence-corrected chi connectivity index (χ1v) is 3.39. The molecule has 0 aromatic carbocycles. The summed E-state index contributed by atoms with van der Waals surface area (Å²) in [6.07, 6.45) is 0.520. The van der Waals surface area contributed by atoms with E-state index in [2.05, 4.69) is 0 Å². The van der Waals surface area contributed by atoms with E-state index in [1.807, 2.05) is 0 Å². The molecule has 4 nitrogen and oxygen atoms in total. The summed E-state index contributed by atoms with van der Waals surface area (Å²) in [7, 11) is 1.54. The number of rotatable bonds is 6. The molecule has 0 aliphatic heterocycles.